The fourth-order valence-electron chi connectivity index (χ4n) is 7.29. The van der Waals surface area contributed by atoms with Crippen LogP contribution in [0.3, 0.4) is 0 Å². The van der Waals surface area contributed by atoms with Crippen LogP contribution in [0, 0.1) is 52.3 Å². The van der Waals surface area contributed by atoms with E-state index in [1.54, 1.807) is 11.1 Å². The van der Waals surface area contributed by atoms with Crippen LogP contribution in [0.25, 0.3) is 0 Å². The van der Waals surface area contributed by atoms with Crippen molar-refractivity contribution in [3.05, 3.63) is 47.6 Å². The largest absolute Gasteiger partial charge is 0.0799 e. The van der Waals surface area contributed by atoms with E-state index in [-0.39, 0.29) is 10.8 Å². The van der Waals surface area contributed by atoms with Crippen LogP contribution in [0.1, 0.15) is 99.8 Å². The molecule has 0 bridgehead atoms. The van der Waals surface area contributed by atoms with Crippen LogP contribution in [0.5, 0.6) is 0 Å². The molecule has 0 nitrogen and oxygen atoms in total. The Morgan fingerprint density at radius 3 is 1.66 bits per heavy atom. The number of unbranched alkanes of at least 4 members (excludes halogenated alkanes) is 1. The quantitative estimate of drug-likeness (QED) is 0.390. The zero-order valence-electron chi connectivity index (χ0n) is 22.2. The summed E-state index contributed by atoms with van der Waals surface area (Å²) in [7, 11) is 0. The third-order valence-corrected chi connectivity index (χ3v) is 9.32. The lowest BCUT2D eigenvalue weighted by Gasteiger charge is -2.31. The molecule has 0 N–H and O–H groups in total. The van der Waals surface area contributed by atoms with Gasteiger partial charge in [0.25, 0.3) is 0 Å². The molecule has 0 aromatic carbocycles. The standard InChI is InChI=1S/C32H50/c1-8-9-10-22-11-12-23(19-22)13-16-28-29-20-24(31(2,3)4)14-17-26(29)27-18-15-25(21-30(27)28)32(5,6)7/h14-15,17-18,20-23,26-30H,8-13,16,19H2,1-7H3. The predicted molar refractivity (Wildman–Crippen MR) is 140 cm³/mol. The second kappa shape index (κ2) is 9.31. The molecule has 0 amide bonds. The van der Waals surface area contributed by atoms with Crippen molar-refractivity contribution in [2.75, 3.05) is 0 Å². The first-order valence-electron chi connectivity index (χ1n) is 13.9. The van der Waals surface area contributed by atoms with E-state index in [9.17, 15) is 0 Å². The molecule has 0 spiro atoms. The van der Waals surface area contributed by atoms with Gasteiger partial charge in [0.15, 0.2) is 0 Å². The van der Waals surface area contributed by atoms with Crippen LogP contribution in [0.2, 0.25) is 0 Å². The van der Waals surface area contributed by atoms with Gasteiger partial charge in [-0.1, -0.05) is 123 Å². The summed E-state index contributed by atoms with van der Waals surface area (Å²) in [6, 6.07) is 0. The van der Waals surface area contributed by atoms with Gasteiger partial charge in [0, 0.05) is 0 Å². The molecule has 6 unspecified atom stereocenters. The van der Waals surface area contributed by atoms with Crippen molar-refractivity contribution in [3.8, 4) is 0 Å². The molecule has 2 fully saturated rings. The van der Waals surface area contributed by atoms with E-state index in [2.05, 4.69) is 84.9 Å². The Bertz CT molecular complexity index is 722. The first-order valence-corrected chi connectivity index (χ1v) is 13.9. The van der Waals surface area contributed by atoms with Crippen molar-refractivity contribution >= 4 is 0 Å². The molecule has 0 heterocycles. The lowest BCUT2D eigenvalue weighted by Crippen LogP contribution is -2.21. The van der Waals surface area contributed by atoms with Gasteiger partial charge in [0.2, 0.25) is 0 Å². The molecule has 32 heavy (non-hydrogen) atoms. The molecular formula is C32H50. The van der Waals surface area contributed by atoms with Crippen molar-refractivity contribution in [2.24, 2.45) is 52.3 Å². The van der Waals surface area contributed by atoms with E-state index >= 15 is 0 Å². The summed E-state index contributed by atoms with van der Waals surface area (Å²) >= 11 is 0. The van der Waals surface area contributed by atoms with Crippen LogP contribution < -0.4 is 0 Å². The van der Waals surface area contributed by atoms with Crippen LogP contribution in [0.4, 0.5) is 0 Å². The van der Waals surface area contributed by atoms with Gasteiger partial charge in [-0.3, -0.25) is 0 Å². The maximum atomic E-state index is 2.71. The Kier molecular flexibility index (Phi) is 7.01. The molecule has 0 radical (unpaired) electrons. The Morgan fingerprint density at radius 2 is 1.19 bits per heavy atom. The highest BCUT2D eigenvalue weighted by Gasteiger charge is 2.48. The summed E-state index contributed by atoms with van der Waals surface area (Å²) in [6.07, 6.45) is 27.2. The molecule has 2 saturated carbocycles. The zero-order chi connectivity index (χ0) is 23.1. The topological polar surface area (TPSA) is 0 Å². The smallest absolute Gasteiger partial charge is 0.00954 e. The SMILES string of the molecule is CCCCC1CCC(CCC2C3C=C(C(C)(C)C)C=CC3C3C=CC(C(C)(C)C)=CC32)C1. The fourth-order valence-corrected chi connectivity index (χ4v) is 7.29. The summed E-state index contributed by atoms with van der Waals surface area (Å²) in [5.41, 5.74) is 3.62. The van der Waals surface area contributed by atoms with Gasteiger partial charge >= 0.3 is 0 Å². The second-order valence-electron chi connectivity index (χ2n) is 13.7. The maximum absolute atomic E-state index is 2.71. The average Bonchev–Trinajstić information content (AvgIpc) is 3.30. The van der Waals surface area contributed by atoms with Crippen molar-refractivity contribution in [1.29, 1.82) is 0 Å². The van der Waals surface area contributed by atoms with E-state index in [1.165, 1.54) is 51.4 Å². The Morgan fingerprint density at radius 1 is 0.688 bits per heavy atom. The number of hydrogen-bond donors (Lipinski definition) is 0. The summed E-state index contributed by atoms with van der Waals surface area (Å²) in [6.45, 7) is 16.6. The first-order chi connectivity index (χ1) is 15.1. The van der Waals surface area contributed by atoms with Crippen LogP contribution in [-0.4, -0.2) is 0 Å². The minimum Gasteiger partial charge on any atom is -0.0799 e. The lowest BCUT2D eigenvalue weighted by molar-refractivity contribution is 0.303. The Balaban J connectivity index is 1.53. The highest BCUT2D eigenvalue weighted by atomic mass is 14.5. The number of fused-ring (bicyclic) bond motifs is 3. The number of allylic oxidation sites excluding steroid dienone is 8. The highest BCUT2D eigenvalue weighted by molar-refractivity contribution is 5.38. The van der Waals surface area contributed by atoms with Gasteiger partial charge in [-0.25, -0.2) is 0 Å². The highest BCUT2D eigenvalue weighted by Crippen LogP contribution is 2.56. The summed E-state index contributed by atoms with van der Waals surface area (Å²) in [5.74, 6) is 5.67. The molecule has 4 aliphatic rings. The van der Waals surface area contributed by atoms with Crippen LogP contribution >= 0.6 is 0 Å². The van der Waals surface area contributed by atoms with E-state index in [4.69, 9.17) is 0 Å². The summed E-state index contributed by atoms with van der Waals surface area (Å²) in [5, 5.41) is 0. The van der Waals surface area contributed by atoms with Crippen molar-refractivity contribution in [1.82, 2.24) is 0 Å². The maximum Gasteiger partial charge on any atom is -0.00954 e. The molecule has 4 rings (SSSR count). The second-order valence-corrected chi connectivity index (χ2v) is 13.7. The van der Waals surface area contributed by atoms with E-state index in [1.807, 2.05) is 0 Å². The molecule has 0 aliphatic heterocycles. The molecule has 0 aromatic heterocycles. The zero-order valence-corrected chi connectivity index (χ0v) is 22.2. The van der Waals surface area contributed by atoms with Crippen LogP contribution in [0.15, 0.2) is 47.6 Å². The minimum absolute atomic E-state index is 0.250. The third kappa shape index (κ3) is 5.05. The van der Waals surface area contributed by atoms with Crippen LogP contribution in [-0.2, 0) is 0 Å². The lowest BCUT2D eigenvalue weighted by atomic mass is 9.74. The van der Waals surface area contributed by atoms with Gasteiger partial charge in [-0.15, -0.1) is 0 Å². The number of hydrogen-bond acceptors (Lipinski definition) is 0. The monoisotopic (exact) mass is 434 g/mol. The number of rotatable bonds is 6. The van der Waals surface area contributed by atoms with Gasteiger partial charge in [-0.05, 0) is 76.2 Å². The predicted octanol–water partition coefficient (Wildman–Crippen LogP) is 9.55. The van der Waals surface area contributed by atoms with Gasteiger partial charge in [0.1, 0.15) is 0 Å². The normalized spacial score (nSPS) is 36.7. The van der Waals surface area contributed by atoms with E-state index in [0.717, 1.165) is 29.6 Å². The molecule has 0 aromatic rings. The molecule has 4 aliphatic carbocycles. The fraction of sp³-hybridized carbons (Fsp3) is 0.750. The molecule has 0 saturated heterocycles. The Hall–Kier alpha value is -1.04. The van der Waals surface area contributed by atoms with Crippen molar-refractivity contribution in [2.45, 2.75) is 99.8 Å². The Labute approximate surface area is 199 Å². The van der Waals surface area contributed by atoms with Gasteiger partial charge in [0.05, 0.1) is 0 Å². The molecule has 0 heteroatoms. The minimum atomic E-state index is 0.250. The van der Waals surface area contributed by atoms with Gasteiger partial charge < -0.3 is 0 Å². The molecular weight excluding hydrogens is 384 g/mol. The van der Waals surface area contributed by atoms with Crippen molar-refractivity contribution in [3.63, 3.8) is 0 Å². The van der Waals surface area contributed by atoms with Crippen molar-refractivity contribution < 1.29 is 0 Å². The summed E-state index contributed by atoms with van der Waals surface area (Å²) < 4.78 is 0. The first kappa shape index (κ1) is 24.1. The van der Waals surface area contributed by atoms with E-state index < -0.39 is 0 Å². The third-order valence-electron chi connectivity index (χ3n) is 9.32. The van der Waals surface area contributed by atoms with Gasteiger partial charge in [-0.2, -0.15) is 0 Å². The summed E-state index contributed by atoms with van der Waals surface area (Å²) in [4.78, 5) is 0. The molecule has 6 atom stereocenters. The van der Waals surface area contributed by atoms with E-state index in [0.29, 0.717) is 11.8 Å². The average molecular weight is 435 g/mol. The molecule has 178 valence electrons.